The molecule has 2 aromatic carbocycles. The van der Waals surface area contributed by atoms with Gasteiger partial charge in [0.2, 0.25) is 0 Å². The van der Waals surface area contributed by atoms with Gasteiger partial charge in [0.1, 0.15) is 0 Å². The molecule has 2 rings (SSSR count). The number of anilines is 1. The number of nitrogens with zero attached hydrogens (tertiary/aromatic N) is 1. The highest BCUT2D eigenvalue weighted by molar-refractivity contribution is 7.80. The van der Waals surface area contributed by atoms with Gasteiger partial charge < -0.3 is 10.2 Å². The van der Waals surface area contributed by atoms with Crippen molar-refractivity contribution in [2.45, 2.75) is 32.7 Å². The third-order valence-electron chi connectivity index (χ3n) is 3.63. The topological polar surface area (TPSA) is 15.3 Å². The molecule has 0 aromatic heterocycles. The zero-order valence-electron chi connectivity index (χ0n) is 13.4. The van der Waals surface area contributed by atoms with Crippen LogP contribution in [0.25, 0.3) is 0 Å². The number of hydrogen-bond acceptors (Lipinski definition) is 1. The predicted octanol–water partition coefficient (Wildman–Crippen LogP) is 4.86. The molecule has 0 atom stereocenters. The van der Waals surface area contributed by atoms with E-state index in [-0.39, 0.29) is 0 Å². The molecule has 0 radical (unpaired) electrons. The molecule has 2 nitrogen and oxygen atoms in total. The van der Waals surface area contributed by atoms with Crippen molar-refractivity contribution < 1.29 is 0 Å². The molecule has 0 saturated carbocycles. The maximum atomic E-state index is 5.48. The standard InChI is InChI=1S/C19H24N2S/c1-3-4-8-16-11-13-18(14-12-16)20-19(22)21(2)15-17-9-6-5-7-10-17/h5-7,9-14H,3-4,8,15H2,1-2H3,(H,20,22). The van der Waals surface area contributed by atoms with Crippen LogP contribution in [0.4, 0.5) is 5.69 Å². The number of unbranched alkanes of at least 4 members (excludes halogenated alkanes) is 1. The minimum Gasteiger partial charge on any atom is -0.348 e. The number of benzene rings is 2. The number of rotatable bonds is 6. The van der Waals surface area contributed by atoms with E-state index in [4.69, 9.17) is 12.2 Å². The van der Waals surface area contributed by atoms with Gasteiger partial charge in [-0.25, -0.2) is 0 Å². The van der Waals surface area contributed by atoms with Crippen molar-refractivity contribution in [1.82, 2.24) is 4.90 Å². The van der Waals surface area contributed by atoms with Gasteiger partial charge in [-0.3, -0.25) is 0 Å². The summed E-state index contributed by atoms with van der Waals surface area (Å²) in [4.78, 5) is 2.05. The Hall–Kier alpha value is -1.87. The Labute approximate surface area is 139 Å². The van der Waals surface area contributed by atoms with Crippen LogP contribution in [0.1, 0.15) is 30.9 Å². The van der Waals surface area contributed by atoms with Crippen LogP contribution in [-0.4, -0.2) is 17.1 Å². The van der Waals surface area contributed by atoms with Crippen molar-refractivity contribution in [1.29, 1.82) is 0 Å². The Balaban J connectivity index is 1.88. The first-order valence-electron chi connectivity index (χ1n) is 7.84. The molecular formula is C19H24N2S. The molecule has 0 heterocycles. The van der Waals surface area contributed by atoms with Crippen molar-refractivity contribution in [3.8, 4) is 0 Å². The molecular weight excluding hydrogens is 288 g/mol. The van der Waals surface area contributed by atoms with Gasteiger partial charge in [0.05, 0.1) is 0 Å². The van der Waals surface area contributed by atoms with E-state index >= 15 is 0 Å². The van der Waals surface area contributed by atoms with E-state index in [1.54, 1.807) is 0 Å². The molecule has 0 aliphatic heterocycles. The van der Waals surface area contributed by atoms with Crippen LogP contribution in [-0.2, 0) is 13.0 Å². The second-order valence-corrected chi connectivity index (χ2v) is 5.96. The number of aryl methyl sites for hydroxylation is 1. The summed E-state index contributed by atoms with van der Waals surface area (Å²) in [5, 5.41) is 4.04. The summed E-state index contributed by atoms with van der Waals surface area (Å²) in [7, 11) is 2.01. The first-order valence-corrected chi connectivity index (χ1v) is 8.25. The molecule has 0 aliphatic rings. The Kier molecular flexibility index (Phi) is 6.41. The lowest BCUT2D eigenvalue weighted by atomic mass is 10.1. The van der Waals surface area contributed by atoms with Gasteiger partial charge >= 0.3 is 0 Å². The molecule has 1 N–H and O–H groups in total. The molecule has 3 heteroatoms. The van der Waals surface area contributed by atoms with E-state index in [9.17, 15) is 0 Å². The Morgan fingerprint density at radius 1 is 1.00 bits per heavy atom. The number of nitrogens with one attached hydrogen (secondary N) is 1. The fourth-order valence-electron chi connectivity index (χ4n) is 2.28. The minimum atomic E-state index is 0.741. The van der Waals surface area contributed by atoms with E-state index in [1.807, 2.05) is 13.1 Å². The minimum absolute atomic E-state index is 0.741. The maximum absolute atomic E-state index is 5.48. The molecule has 0 aliphatic carbocycles. The van der Waals surface area contributed by atoms with Crippen molar-refractivity contribution in [2.75, 3.05) is 12.4 Å². The largest absolute Gasteiger partial charge is 0.348 e. The zero-order valence-corrected chi connectivity index (χ0v) is 14.2. The van der Waals surface area contributed by atoms with Gasteiger partial charge in [-0.1, -0.05) is 55.8 Å². The molecule has 0 fully saturated rings. The van der Waals surface area contributed by atoms with Crippen LogP contribution >= 0.6 is 12.2 Å². The summed E-state index contributed by atoms with van der Waals surface area (Å²) in [6.07, 6.45) is 3.62. The van der Waals surface area contributed by atoms with Crippen LogP contribution in [0.3, 0.4) is 0 Å². The SMILES string of the molecule is CCCCc1ccc(NC(=S)N(C)Cc2ccccc2)cc1. The second-order valence-electron chi connectivity index (χ2n) is 5.57. The van der Waals surface area contributed by atoms with Crippen LogP contribution in [0, 0.1) is 0 Å². The van der Waals surface area contributed by atoms with Gasteiger partial charge in [0.15, 0.2) is 5.11 Å². The van der Waals surface area contributed by atoms with Crippen LogP contribution in [0.2, 0.25) is 0 Å². The van der Waals surface area contributed by atoms with Crippen LogP contribution in [0.5, 0.6) is 0 Å². The van der Waals surface area contributed by atoms with Crippen LogP contribution in [0.15, 0.2) is 54.6 Å². The Bertz CT molecular complexity index is 578. The summed E-state index contributed by atoms with van der Waals surface area (Å²) < 4.78 is 0. The first kappa shape index (κ1) is 16.5. The first-order chi connectivity index (χ1) is 10.7. The molecule has 0 unspecified atom stereocenters. The van der Waals surface area contributed by atoms with E-state index in [0.717, 1.165) is 23.8 Å². The van der Waals surface area contributed by atoms with E-state index in [1.165, 1.54) is 24.0 Å². The van der Waals surface area contributed by atoms with Crippen molar-refractivity contribution >= 4 is 23.0 Å². The van der Waals surface area contributed by atoms with Crippen molar-refractivity contribution in [3.05, 3.63) is 65.7 Å². The lowest BCUT2D eigenvalue weighted by Crippen LogP contribution is -2.30. The van der Waals surface area contributed by atoms with E-state index in [2.05, 4.69) is 65.7 Å². The monoisotopic (exact) mass is 312 g/mol. The van der Waals surface area contributed by atoms with Crippen LogP contribution < -0.4 is 5.32 Å². The summed E-state index contributed by atoms with van der Waals surface area (Å²) in [6, 6.07) is 18.9. The van der Waals surface area contributed by atoms with Gasteiger partial charge in [0, 0.05) is 19.3 Å². The van der Waals surface area contributed by atoms with Gasteiger partial charge in [-0.2, -0.15) is 0 Å². The number of thiocarbonyl (C=S) groups is 1. The lowest BCUT2D eigenvalue weighted by Gasteiger charge is -2.21. The average molecular weight is 312 g/mol. The molecule has 0 bridgehead atoms. The van der Waals surface area contributed by atoms with E-state index in [0.29, 0.717) is 0 Å². The van der Waals surface area contributed by atoms with Crippen molar-refractivity contribution in [2.24, 2.45) is 0 Å². The number of hydrogen-bond donors (Lipinski definition) is 1. The fraction of sp³-hybridized carbons (Fsp3) is 0.316. The third-order valence-corrected chi connectivity index (χ3v) is 4.05. The highest BCUT2D eigenvalue weighted by atomic mass is 32.1. The molecule has 0 saturated heterocycles. The smallest absolute Gasteiger partial charge is 0.173 e. The maximum Gasteiger partial charge on any atom is 0.173 e. The normalized spacial score (nSPS) is 10.3. The van der Waals surface area contributed by atoms with Crippen molar-refractivity contribution in [3.63, 3.8) is 0 Å². The molecule has 116 valence electrons. The lowest BCUT2D eigenvalue weighted by molar-refractivity contribution is 0.508. The summed E-state index contributed by atoms with van der Waals surface area (Å²) in [5.74, 6) is 0. The van der Waals surface area contributed by atoms with Gasteiger partial charge in [-0.05, 0) is 48.3 Å². The third kappa shape index (κ3) is 5.15. The summed E-state index contributed by atoms with van der Waals surface area (Å²) >= 11 is 5.48. The quantitative estimate of drug-likeness (QED) is 0.767. The fourth-order valence-corrected chi connectivity index (χ4v) is 2.47. The van der Waals surface area contributed by atoms with Gasteiger partial charge in [-0.15, -0.1) is 0 Å². The Morgan fingerprint density at radius 2 is 1.68 bits per heavy atom. The molecule has 22 heavy (non-hydrogen) atoms. The molecule has 2 aromatic rings. The zero-order chi connectivity index (χ0) is 15.8. The van der Waals surface area contributed by atoms with Gasteiger partial charge in [0.25, 0.3) is 0 Å². The highest BCUT2D eigenvalue weighted by Crippen LogP contribution is 2.13. The summed E-state index contributed by atoms with van der Waals surface area (Å²) in [6.45, 7) is 3.03. The highest BCUT2D eigenvalue weighted by Gasteiger charge is 2.05. The second kappa shape index (κ2) is 8.54. The molecule has 0 amide bonds. The molecule has 0 spiro atoms. The summed E-state index contributed by atoms with van der Waals surface area (Å²) in [5.41, 5.74) is 3.69. The van der Waals surface area contributed by atoms with E-state index < -0.39 is 0 Å². The Morgan fingerprint density at radius 3 is 2.32 bits per heavy atom. The predicted molar refractivity (Wildman–Crippen MR) is 99.2 cm³/mol. The average Bonchev–Trinajstić information content (AvgIpc) is 2.55.